The van der Waals surface area contributed by atoms with Crippen molar-refractivity contribution in [2.75, 3.05) is 6.61 Å². The van der Waals surface area contributed by atoms with Gasteiger partial charge in [0.2, 0.25) is 0 Å². The largest absolute Gasteiger partial charge is 0.484 e. The number of carboxylic acid groups (broad SMARTS) is 1. The van der Waals surface area contributed by atoms with E-state index in [1.54, 1.807) is 13.0 Å². The van der Waals surface area contributed by atoms with Gasteiger partial charge in [-0.25, -0.2) is 4.79 Å². The zero-order chi connectivity index (χ0) is 15.1. The van der Waals surface area contributed by atoms with E-state index in [2.05, 4.69) is 19.2 Å². The molecule has 0 aromatic heterocycles. The molecular formula is C15H21NO4. The van der Waals surface area contributed by atoms with Crippen molar-refractivity contribution in [2.24, 2.45) is 0 Å². The van der Waals surface area contributed by atoms with E-state index in [-0.39, 0.29) is 6.61 Å². The van der Waals surface area contributed by atoms with Crippen molar-refractivity contribution in [1.82, 2.24) is 5.32 Å². The van der Waals surface area contributed by atoms with Crippen LogP contribution < -0.4 is 10.1 Å². The van der Waals surface area contributed by atoms with Gasteiger partial charge in [-0.05, 0) is 30.0 Å². The maximum atomic E-state index is 11.6. The SMILES string of the molecule is CC[C@H](NC(=O)COc1cccc(C(C)C)c1)C(=O)O. The molecule has 0 spiro atoms. The maximum absolute atomic E-state index is 11.6. The van der Waals surface area contributed by atoms with Crippen molar-refractivity contribution < 1.29 is 19.4 Å². The fourth-order valence-electron chi connectivity index (χ4n) is 1.69. The van der Waals surface area contributed by atoms with Gasteiger partial charge in [0.1, 0.15) is 11.8 Å². The highest BCUT2D eigenvalue weighted by molar-refractivity contribution is 5.84. The quantitative estimate of drug-likeness (QED) is 0.802. The normalized spacial score (nSPS) is 12.0. The van der Waals surface area contributed by atoms with Gasteiger partial charge in [0.05, 0.1) is 0 Å². The average molecular weight is 279 g/mol. The lowest BCUT2D eigenvalue weighted by Crippen LogP contribution is -2.42. The Hall–Kier alpha value is -2.04. The Morgan fingerprint density at radius 1 is 1.35 bits per heavy atom. The molecule has 0 radical (unpaired) electrons. The van der Waals surface area contributed by atoms with Crippen LogP contribution in [0.1, 0.15) is 38.7 Å². The Bertz CT molecular complexity index is 471. The number of carbonyl (C=O) groups excluding carboxylic acids is 1. The minimum Gasteiger partial charge on any atom is -0.484 e. The molecule has 1 amide bonds. The van der Waals surface area contributed by atoms with Crippen LogP contribution in [0.2, 0.25) is 0 Å². The van der Waals surface area contributed by atoms with Gasteiger partial charge in [0.15, 0.2) is 6.61 Å². The lowest BCUT2D eigenvalue weighted by molar-refractivity contribution is -0.142. The second-order valence-corrected chi connectivity index (χ2v) is 4.88. The van der Waals surface area contributed by atoms with Crippen LogP contribution in [0.15, 0.2) is 24.3 Å². The van der Waals surface area contributed by atoms with Gasteiger partial charge < -0.3 is 15.2 Å². The molecule has 0 heterocycles. The van der Waals surface area contributed by atoms with Crippen LogP contribution >= 0.6 is 0 Å². The number of ether oxygens (including phenoxy) is 1. The summed E-state index contributed by atoms with van der Waals surface area (Å²) in [7, 11) is 0. The Labute approximate surface area is 118 Å². The van der Waals surface area contributed by atoms with Gasteiger partial charge in [0, 0.05) is 0 Å². The molecule has 0 unspecified atom stereocenters. The maximum Gasteiger partial charge on any atom is 0.326 e. The number of benzene rings is 1. The van der Waals surface area contributed by atoms with Gasteiger partial charge in [-0.1, -0.05) is 32.9 Å². The van der Waals surface area contributed by atoms with Crippen molar-refractivity contribution in [3.63, 3.8) is 0 Å². The first kappa shape index (κ1) is 16.0. The van der Waals surface area contributed by atoms with E-state index in [0.29, 0.717) is 18.1 Å². The molecule has 1 aromatic carbocycles. The monoisotopic (exact) mass is 279 g/mol. The van der Waals surface area contributed by atoms with Crippen LogP contribution in [0.5, 0.6) is 5.75 Å². The first-order valence-corrected chi connectivity index (χ1v) is 6.69. The first-order chi connectivity index (χ1) is 9.43. The molecule has 0 saturated carbocycles. The van der Waals surface area contributed by atoms with Crippen molar-refractivity contribution >= 4 is 11.9 Å². The lowest BCUT2D eigenvalue weighted by Gasteiger charge is -2.13. The van der Waals surface area contributed by atoms with Crippen LogP contribution in [0.4, 0.5) is 0 Å². The third kappa shape index (κ3) is 4.91. The van der Waals surface area contributed by atoms with E-state index in [4.69, 9.17) is 9.84 Å². The van der Waals surface area contributed by atoms with Crippen molar-refractivity contribution in [1.29, 1.82) is 0 Å². The molecule has 2 N–H and O–H groups in total. The Kier molecular flexibility index (Phi) is 6.03. The number of rotatable bonds is 7. The molecule has 0 aliphatic carbocycles. The van der Waals surface area contributed by atoms with E-state index in [1.165, 1.54) is 0 Å². The summed E-state index contributed by atoms with van der Waals surface area (Å²) in [5.74, 6) is -0.490. The number of amides is 1. The minimum absolute atomic E-state index is 0.189. The number of hydrogen-bond donors (Lipinski definition) is 2. The molecule has 0 saturated heterocycles. The van der Waals surface area contributed by atoms with Crippen molar-refractivity contribution in [3.05, 3.63) is 29.8 Å². The van der Waals surface area contributed by atoms with Crippen molar-refractivity contribution in [3.8, 4) is 5.75 Å². The molecule has 20 heavy (non-hydrogen) atoms. The Balaban J connectivity index is 2.52. The highest BCUT2D eigenvalue weighted by Gasteiger charge is 2.17. The molecule has 5 heteroatoms. The highest BCUT2D eigenvalue weighted by atomic mass is 16.5. The van der Waals surface area contributed by atoms with Crippen LogP contribution in [0.3, 0.4) is 0 Å². The number of hydrogen-bond acceptors (Lipinski definition) is 3. The van der Waals surface area contributed by atoms with E-state index in [1.807, 2.05) is 18.2 Å². The summed E-state index contributed by atoms with van der Waals surface area (Å²) in [6, 6.07) is 6.65. The molecule has 110 valence electrons. The summed E-state index contributed by atoms with van der Waals surface area (Å²) in [5.41, 5.74) is 1.12. The summed E-state index contributed by atoms with van der Waals surface area (Å²) in [5, 5.41) is 11.3. The van der Waals surface area contributed by atoms with Crippen LogP contribution in [0.25, 0.3) is 0 Å². The topological polar surface area (TPSA) is 75.6 Å². The number of carboxylic acids is 1. The summed E-state index contributed by atoms with van der Waals surface area (Å²) in [6.07, 6.45) is 0.337. The molecular weight excluding hydrogens is 258 g/mol. The lowest BCUT2D eigenvalue weighted by atomic mass is 10.0. The third-order valence-electron chi connectivity index (χ3n) is 2.94. The van der Waals surface area contributed by atoms with E-state index in [9.17, 15) is 9.59 Å². The zero-order valence-corrected chi connectivity index (χ0v) is 12.1. The number of nitrogens with one attached hydrogen (secondary N) is 1. The molecule has 0 aliphatic heterocycles. The second-order valence-electron chi connectivity index (χ2n) is 4.88. The predicted molar refractivity (Wildman–Crippen MR) is 75.9 cm³/mol. The first-order valence-electron chi connectivity index (χ1n) is 6.69. The van der Waals surface area contributed by atoms with E-state index >= 15 is 0 Å². The zero-order valence-electron chi connectivity index (χ0n) is 12.1. The fraction of sp³-hybridized carbons (Fsp3) is 0.467. The third-order valence-corrected chi connectivity index (χ3v) is 2.94. The molecule has 0 aliphatic rings. The predicted octanol–water partition coefficient (Wildman–Crippen LogP) is 2.17. The van der Waals surface area contributed by atoms with E-state index in [0.717, 1.165) is 5.56 Å². The number of carbonyl (C=O) groups is 2. The van der Waals surface area contributed by atoms with Crippen LogP contribution in [-0.4, -0.2) is 29.6 Å². The van der Waals surface area contributed by atoms with Gasteiger partial charge in [-0.15, -0.1) is 0 Å². The van der Waals surface area contributed by atoms with Crippen LogP contribution in [-0.2, 0) is 9.59 Å². The van der Waals surface area contributed by atoms with Gasteiger partial charge in [-0.3, -0.25) is 4.79 Å². The highest BCUT2D eigenvalue weighted by Crippen LogP contribution is 2.19. The molecule has 1 aromatic rings. The standard InChI is InChI=1S/C15H21NO4/c1-4-13(15(18)19)16-14(17)9-20-12-7-5-6-11(8-12)10(2)3/h5-8,10,13H,4,9H2,1-3H3,(H,16,17)(H,18,19)/t13-/m0/s1. The minimum atomic E-state index is -1.04. The second kappa shape index (κ2) is 7.53. The summed E-state index contributed by atoms with van der Waals surface area (Å²) >= 11 is 0. The number of aliphatic carboxylic acids is 1. The smallest absolute Gasteiger partial charge is 0.326 e. The summed E-state index contributed by atoms with van der Waals surface area (Å²) in [6.45, 7) is 5.66. The molecule has 1 atom stereocenters. The van der Waals surface area contributed by atoms with Gasteiger partial charge in [-0.2, -0.15) is 0 Å². The van der Waals surface area contributed by atoms with Crippen LogP contribution in [0, 0.1) is 0 Å². The molecule has 0 fully saturated rings. The summed E-state index contributed by atoms with van der Waals surface area (Å²) < 4.78 is 5.38. The Morgan fingerprint density at radius 2 is 2.05 bits per heavy atom. The fourth-order valence-corrected chi connectivity index (χ4v) is 1.69. The van der Waals surface area contributed by atoms with Gasteiger partial charge >= 0.3 is 5.97 Å². The molecule has 1 rings (SSSR count). The average Bonchev–Trinajstić information content (AvgIpc) is 2.42. The molecule has 0 bridgehead atoms. The molecule has 5 nitrogen and oxygen atoms in total. The van der Waals surface area contributed by atoms with Crippen molar-refractivity contribution in [2.45, 2.75) is 39.2 Å². The Morgan fingerprint density at radius 3 is 2.60 bits per heavy atom. The summed E-state index contributed by atoms with van der Waals surface area (Å²) in [4.78, 5) is 22.4. The van der Waals surface area contributed by atoms with E-state index < -0.39 is 17.9 Å². The van der Waals surface area contributed by atoms with Gasteiger partial charge in [0.25, 0.3) is 5.91 Å².